The average Bonchev–Trinajstić information content (AvgIpc) is 2.48. The highest BCUT2D eigenvalue weighted by Gasteiger charge is 2.09. The van der Waals surface area contributed by atoms with E-state index in [1.165, 1.54) is 12.8 Å². The minimum atomic E-state index is 0.686. The molecule has 108 valence electrons. The molecule has 0 atom stereocenters. The number of aromatic nitrogens is 2. The Morgan fingerprint density at radius 1 is 1.00 bits per heavy atom. The van der Waals surface area contributed by atoms with E-state index in [4.69, 9.17) is 0 Å². The van der Waals surface area contributed by atoms with Gasteiger partial charge in [-0.05, 0) is 25.0 Å². The van der Waals surface area contributed by atoms with Crippen molar-refractivity contribution in [2.24, 2.45) is 5.92 Å². The number of nitrogens with one attached hydrogen (secondary N) is 2. The summed E-state index contributed by atoms with van der Waals surface area (Å²) in [6.07, 6.45) is 2.37. The van der Waals surface area contributed by atoms with Gasteiger partial charge >= 0.3 is 0 Å². The van der Waals surface area contributed by atoms with Crippen LogP contribution in [0.1, 0.15) is 33.6 Å². The zero-order valence-corrected chi connectivity index (χ0v) is 12.6. The van der Waals surface area contributed by atoms with Crippen molar-refractivity contribution < 1.29 is 0 Å². The molecule has 0 aliphatic heterocycles. The monoisotopic (exact) mass is 272 g/mol. The lowest BCUT2D eigenvalue weighted by Crippen LogP contribution is -2.15. The van der Waals surface area contributed by atoms with E-state index in [9.17, 15) is 0 Å². The molecular formula is C16H24N4. The second-order valence-electron chi connectivity index (χ2n) is 5.01. The van der Waals surface area contributed by atoms with Gasteiger partial charge in [-0.25, -0.2) is 4.98 Å². The van der Waals surface area contributed by atoms with Crippen molar-refractivity contribution in [2.45, 2.75) is 33.6 Å². The minimum Gasteiger partial charge on any atom is -0.369 e. The summed E-state index contributed by atoms with van der Waals surface area (Å²) in [5, 5.41) is 7.77. The third-order valence-electron chi connectivity index (χ3n) is 3.65. The lowest BCUT2D eigenvalue weighted by atomic mass is 10.0. The fraction of sp³-hybridized carbons (Fsp3) is 0.500. The number of fused-ring (bicyclic) bond motifs is 1. The van der Waals surface area contributed by atoms with Crippen molar-refractivity contribution in [3.8, 4) is 0 Å². The van der Waals surface area contributed by atoms with E-state index >= 15 is 0 Å². The van der Waals surface area contributed by atoms with Gasteiger partial charge in [0.15, 0.2) is 0 Å². The molecule has 0 saturated heterocycles. The maximum atomic E-state index is 4.60. The van der Waals surface area contributed by atoms with Crippen LogP contribution >= 0.6 is 0 Å². The topological polar surface area (TPSA) is 49.8 Å². The van der Waals surface area contributed by atoms with Crippen molar-refractivity contribution in [3.05, 3.63) is 24.3 Å². The van der Waals surface area contributed by atoms with Gasteiger partial charge in [0.2, 0.25) is 5.95 Å². The van der Waals surface area contributed by atoms with E-state index < -0.39 is 0 Å². The second kappa shape index (κ2) is 7.08. The molecule has 2 N–H and O–H groups in total. The standard InChI is InChI=1S/C16H24N4/c1-4-12(5-2)11-18-15-13-9-7-8-10-14(13)19-16(20-15)17-6-3/h7-10,12H,4-6,11H2,1-3H3,(H2,17,18,19,20). The minimum absolute atomic E-state index is 0.686. The van der Waals surface area contributed by atoms with Gasteiger partial charge in [-0.1, -0.05) is 38.8 Å². The summed E-state index contributed by atoms with van der Waals surface area (Å²) in [4.78, 5) is 9.13. The van der Waals surface area contributed by atoms with Crippen molar-refractivity contribution in [3.63, 3.8) is 0 Å². The van der Waals surface area contributed by atoms with Crippen molar-refractivity contribution >= 4 is 22.7 Å². The number of para-hydroxylation sites is 1. The number of rotatable bonds is 7. The first-order valence-electron chi connectivity index (χ1n) is 7.52. The highest BCUT2D eigenvalue weighted by atomic mass is 15.1. The normalized spacial score (nSPS) is 11.0. The number of nitrogens with zero attached hydrogens (tertiary/aromatic N) is 2. The van der Waals surface area contributed by atoms with Gasteiger partial charge in [-0.15, -0.1) is 0 Å². The summed E-state index contributed by atoms with van der Waals surface area (Å²) in [6, 6.07) is 8.14. The predicted octanol–water partition coefficient (Wildman–Crippen LogP) is 3.91. The molecule has 0 aliphatic carbocycles. The Labute approximate surface area is 121 Å². The molecule has 0 fully saturated rings. The van der Waals surface area contributed by atoms with Gasteiger partial charge in [-0.2, -0.15) is 4.98 Å². The first-order chi connectivity index (χ1) is 9.78. The summed E-state index contributed by atoms with van der Waals surface area (Å²) in [6.45, 7) is 8.30. The lowest BCUT2D eigenvalue weighted by Gasteiger charge is -2.15. The van der Waals surface area contributed by atoms with Crippen LogP contribution in [-0.2, 0) is 0 Å². The first-order valence-corrected chi connectivity index (χ1v) is 7.52. The Balaban J connectivity index is 2.29. The molecular weight excluding hydrogens is 248 g/mol. The quantitative estimate of drug-likeness (QED) is 0.802. The molecule has 2 rings (SSSR count). The van der Waals surface area contributed by atoms with E-state index in [1.807, 2.05) is 18.2 Å². The molecule has 1 aromatic heterocycles. The zero-order valence-electron chi connectivity index (χ0n) is 12.6. The number of anilines is 2. The molecule has 1 aromatic carbocycles. The third-order valence-corrected chi connectivity index (χ3v) is 3.65. The SMILES string of the molecule is CCNc1nc(NCC(CC)CC)c2ccccc2n1. The predicted molar refractivity (Wildman–Crippen MR) is 86.3 cm³/mol. The van der Waals surface area contributed by atoms with Gasteiger partial charge in [0.05, 0.1) is 5.52 Å². The van der Waals surface area contributed by atoms with Crippen LogP contribution < -0.4 is 10.6 Å². The van der Waals surface area contributed by atoms with Crippen molar-refractivity contribution in [1.29, 1.82) is 0 Å². The fourth-order valence-corrected chi connectivity index (χ4v) is 2.27. The van der Waals surface area contributed by atoms with E-state index in [-0.39, 0.29) is 0 Å². The summed E-state index contributed by atoms with van der Waals surface area (Å²) < 4.78 is 0. The van der Waals surface area contributed by atoms with Gasteiger partial charge in [0, 0.05) is 18.5 Å². The molecule has 0 spiro atoms. The van der Waals surface area contributed by atoms with Crippen LogP contribution in [0.3, 0.4) is 0 Å². The van der Waals surface area contributed by atoms with Crippen LogP contribution in [0.15, 0.2) is 24.3 Å². The van der Waals surface area contributed by atoms with Gasteiger partial charge < -0.3 is 10.6 Å². The molecule has 4 heteroatoms. The van der Waals surface area contributed by atoms with Crippen molar-refractivity contribution in [2.75, 3.05) is 23.7 Å². The maximum Gasteiger partial charge on any atom is 0.225 e. The number of hydrogen-bond acceptors (Lipinski definition) is 4. The van der Waals surface area contributed by atoms with Crippen LogP contribution in [0.4, 0.5) is 11.8 Å². The molecule has 2 aromatic rings. The lowest BCUT2D eigenvalue weighted by molar-refractivity contribution is 0.518. The Bertz CT molecular complexity index is 549. The van der Waals surface area contributed by atoms with Crippen LogP contribution in [-0.4, -0.2) is 23.1 Å². The summed E-state index contributed by atoms with van der Waals surface area (Å²) in [5.41, 5.74) is 0.977. The molecule has 0 bridgehead atoms. The second-order valence-corrected chi connectivity index (χ2v) is 5.01. The molecule has 1 heterocycles. The van der Waals surface area contributed by atoms with Gasteiger partial charge in [0.25, 0.3) is 0 Å². The summed E-state index contributed by atoms with van der Waals surface area (Å²) in [7, 11) is 0. The summed E-state index contributed by atoms with van der Waals surface area (Å²) >= 11 is 0. The maximum absolute atomic E-state index is 4.60. The molecule has 4 nitrogen and oxygen atoms in total. The Morgan fingerprint density at radius 3 is 2.45 bits per heavy atom. The Hall–Kier alpha value is -1.84. The summed E-state index contributed by atoms with van der Waals surface area (Å²) in [5.74, 6) is 2.31. The Morgan fingerprint density at radius 2 is 1.75 bits per heavy atom. The van der Waals surface area contributed by atoms with E-state index in [2.05, 4.69) is 47.4 Å². The highest BCUT2D eigenvalue weighted by Crippen LogP contribution is 2.22. The van der Waals surface area contributed by atoms with Crippen LogP contribution in [0, 0.1) is 5.92 Å². The van der Waals surface area contributed by atoms with Gasteiger partial charge in [-0.3, -0.25) is 0 Å². The zero-order chi connectivity index (χ0) is 14.4. The van der Waals surface area contributed by atoms with E-state index in [1.54, 1.807) is 0 Å². The highest BCUT2D eigenvalue weighted by molar-refractivity contribution is 5.89. The van der Waals surface area contributed by atoms with Gasteiger partial charge in [0.1, 0.15) is 5.82 Å². The molecule has 0 saturated carbocycles. The number of hydrogen-bond donors (Lipinski definition) is 2. The molecule has 0 aliphatic rings. The first kappa shape index (κ1) is 14.6. The Kier molecular flexibility index (Phi) is 5.16. The van der Waals surface area contributed by atoms with E-state index in [0.717, 1.165) is 29.8 Å². The molecule has 20 heavy (non-hydrogen) atoms. The smallest absolute Gasteiger partial charge is 0.225 e. The van der Waals surface area contributed by atoms with Crippen LogP contribution in [0.25, 0.3) is 10.9 Å². The number of benzene rings is 1. The largest absolute Gasteiger partial charge is 0.369 e. The van der Waals surface area contributed by atoms with Crippen LogP contribution in [0.5, 0.6) is 0 Å². The third kappa shape index (κ3) is 3.38. The molecule has 0 amide bonds. The fourth-order valence-electron chi connectivity index (χ4n) is 2.27. The van der Waals surface area contributed by atoms with Crippen LogP contribution in [0.2, 0.25) is 0 Å². The average molecular weight is 272 g/mol. The van der Waals surface area contributed by atoms with E-state index in [0.29, 0.717) is 11.9 Å². The molecule has 0 radical (unpaired) electrons. The van der Waals surface area contributed by atoms with Crippen molar-refractivity contribution in [1.82, 2.24) is 9.97 Å². The molecule has 0 unspecified atom stereocenters.